The average Bonchev–Trinajstić information content (AvgIpc) is 2.49. The maximum atomic E-state index is 5.59. The lowest BCUT2D eigenvalue weighted by atomic mass is 10.0. The number of nitrogen functional groups attached to an aromatic ring is 1. The van der Waals surface area contributed by atoms with Crippen LogP contribution >= 0.6 is 0 Å². The fourth-order valence-corrected chi connectivity index (χ4v) is 2.06. The highest BCUT2D eigenvalue weighted by Crippen LogP contribution is 2.24. The molecule has 0 aliphatic rings. The van der Waals surface area contributed by atoms with E-state index in [-0.39, 0.29) is 0 Å². The lowest BCUT2D eigenvalue weighted by Gasteiger charge is -2.05. The molecule has 3 aromatic rings. The van der Waals surface area contributed by atoms with Crippen molar-refractivity contribution in [3.05, 3.63) is 72.9 Å². The van der Waals surface area contributed by atoms with Crippen molar-refractivity contribution in [3.63, 3.8) is 0 Å². The lowest BCUT2D eigenvalue weighted by molar-refractivity contribution is 1.34. The highest BCUT2D eigenvalue weighted by Gasteiger charge is 2.00. The van der Waals surface area contributed by atoms with Gasteiger partial charge in [0.05, 0.1) is 0 Å². The van der Waals surface area contributed by atoms with Crippen molar-refractivity contribution in [2.24, 2.45) is 0 Å². The normalized spacial score (nSPS) is 10.3. The molecular weight excluding hydrogens is 232 g/mol. The van der Waals surface area contributed by atoms with Crippen molar-refractivity contribution in [2.45, 2.75) is 0 Å². The molecule has 0 spiro atoms. The molecule has 3 rings (SSSR count). The summed E-state index contributed by atoms with van der Waals surface area (Å²) in [6.07, 6.45) is 1.80. The van der Waals surface area contributed by atoms with Gasteiger partial charge < -0.3 is 5.73 Å². The Labute approximate surface area is 112 Å². The molecule has 0 bridgehead atoms. The Morgan fingerprint density at radius 1 is 0.579 bits per heavy atom. The molecule has 0 aliphatic carbocycles. The van der Waals surface area contributed by atoms with Crippen molar-refractivity contribution in [3.8, 4) is 22.3 Å². The van der Waals surface area contributed by atoms with E-state index in [1.807, 2.05) is 30.3 Å². The summed E-state index contributed by atoms with van der Waals surface area (Å²) in [5.74, 6) is 0.546. The number of rotatable bonds is 2. The van der Waals surface area contributed by atoms with E-state index in [9.17, 15) is 0 Å². The number of hydrogen-bond donors (Lipinski definition) is 1. The van der Waals surface area contributed by atoms with Crippen molar-refractivity contribution >= 4 is 5.82 Å². The molecule has 19 heavy (non-hydrogen) atoms. The van der Waals surface area contributed by atoms with Crippen LogP contribution in [0.25, 0.3) is 22.3 Å². The van der Waals surface area contributed by atoms with Gasteiger partial charge in [-0.05, 0) is 28.8 Å². The molecular formula is C17H14N2. The molecule has 2 aromatic carbocycles. The van der Waals surface area contributed by atoms with Crippen LogP contribution in [0.5, 0.6) is 0 Å². The first-order valence-electron chi connectivity index (χ1n) is 6.20. The molecule has 2 heteroatoms. The minimum Gasteiger partial charge on any atom is -0.384 e. The van der Waals surface area contributed by atoms with Gasteiger partial charge in [-0.2, -0.15) is 0 Å². The van der Waals surface area contributed by atoms with E-state index in [1.165, 1.54) is 11.1 Å². The van der Waals surface area contributed by atoms with E-state index in [2.05, 4.69) is 41.4 Å². The largest absolute Gasteiger partial charge is 0.384 e. The fourth-order valence-electron chi connectivity index (χ4n) is 2.06. The number of nitrogens with two attached hydrogens (primary N) is 1. The SMILES string of the molecule is Nc1ccc(-c2ccc(-c3ccccc3)cc2)cn1. The summed E-state index contributed by atoms with van der Waals surface area (Å²) in [6.45, 7) is 0. The molecule has 0 saturated carbocycles. The van der Waals surface area contributed by atoms with E-state index in [4.69, 9.17) is 5.73 Å². The number of pyridine rings is 1. The molecule has 0 unspecified atom stereocenters. The quantitative estimate of drug-likeness (QED) is 0.742. The van der Waals surface area contributed by atoms with Crippen LogP contribution in [-0.4, -0.2) is 4.98 Å². The Morgan fingerprint density at radius 2 is 1.11 bits per heavy atom. The van der Waals surface area contributed by atoms with Crippen molar-refractivity contribution in [1.82, 2.24) is 4.98 Å². The molecule has 1 aromatic heterocycles. The molecule has 0 atom stereocenters. The second-order valence-corrected chi connectivity index (χ2v) is 4.42. The third-order valence-corrected chi connectivity index (χ3v) is 3.11. The van der Waals surface area contributed by atoms with Gasteiger partial charge >= 0.3 is 0 Å². The molecule has 0 aliphatic heterocycles. The first-order valence-corrected chi connectivity index (χ1v) is 6.20. The first-order chi connectivity index (χ1) is 9.33. The molecule has 0 radical (unpaired) electrons. The van der Waals surface area contributed by atoms with Crippen LogP contribution in [0.3, 0.4) is 0 Å². The summed E-state index contributed by atoms with van der Waals surface area (Å²) in [5.41, 5.74) is 10.3. The molecule has 92 valence electrons. The highest BCUT2D eigenvalue weighted by molar-refractivity contribution is 5.70. The monoisotopic (exact) mass is 246 g/mol. The van der Waals surface area contributed by atoms with Gasteiger partial charge in [0.15, 0.2) is 0 Å². The van der Waals surface area contributed by atoms with Gasteiger partial charge in [0.2, 0.25) is 0 Å². The van der Waals surface area contributed by atoms with E-state index < -0.39 is 0 Å². The van der Waals surface area contributed by atoms with Crippen LogP contribution in [0, 0.1) is 0 Å². The van der Waals surface area contributed by atoms with Gasteiger partial charge in [-0.15, -0.1) is 0 Å². The minimum atomic E-state index is 0.546. The first kappa shape index (κ1) is 11.5. The Morgan fingerprint density at radius 3 is 1.68 bits per heavy atom. The van der Waals surface area contributed by atoms with Crippen LogP contribution < -0.4 is 5.73 Å². The molecule has 0 amide bonds. The Kier molecular flexibility index (Phi) is 2.99. The minimum absolute atomic E-state index is 0.546. The molecule has 0 fully saturated rings. The standard InChI is InChI=1S/C17H14N2/c18-17-11-10-16(12-19-17)15-8-6-14(7-9-15)13-4-2-1-3-5-13/h1-12H,(H2,18,19). The number of hydrogen-bond acceptors (Lipinski definition) is 2. The van der Waals surface area contributed by atoms with Gasteiger partial charge in [-0.1, -0.05) is 54.6 Å². The van der Waals surface area contributed by atoms with Crippen molar-refractivity contribution in [1.29, 1.82) is 0 Å². The maximum absolute atomic E-state index is 5.59. The second-order valence-electron chi connectivity index (χ2n) is 4.42. The van der Waals surface area contributed by atoms with E-state index in [0.29, 0.717) is 5.82 Å². The lowest BCUT2D eigenvalue weighted by Crippen LogP contribution is -1.88. The fraction of sp³-hybridized carbons (Fsp3) is 0. The van der Waals surface area contributed by atoms with Crippen LogP contribution in [0.1, 0.15) is 0 Å². The summed E-state index contributed by atoms with van der Waals surface area (Å²) < 4.78 is 0. The number of aromatic nitrogens is 1. The molecule has 2 N–H and O–H groups in total. The molecule has 0 saturated heterocycles. The van der Waals surface area contributed by atoms with Gasteiger partial charge in [-0.25, -0.2) is 4.98 Å². The Bertz CT molecular complexity index is 656. The van der Waals surface area contributed by atoms with Gasteiger partial charge in [0.25, 0.3) is 0 Å². The zero-order chi connectivity index (χ0) is 13.1. The highest BCUT2D eigenvalue weighted by atomic mass is 14.8. The smallest absolute Gasteiger partial charge is 0.123 e. The van der Waals surface area contributed by atoms with Crippen LogP contribution in [0.15, 0.2) is 72.9 Å². The van der Waals surface area contributed by atoms with Gasteiger partial charge in [0, 0.05) is 11.8 Å². The Balaban J connectivity index is 1.93. The third-order valence-electron chi connectivity index (χ3n) is 3.11. The van der Waals surface area contributed by atoms with Crippen molar-refractivity contribution < 1.29 is 0 Å². The zero-order valence-corrected chi connectivity index (χ0v) is 10.5. The second kappa shape index (κ2) is 4.94. The molecule has 1 heterocycles. The summed E-state index contributed by atoms with van der Waals surface area (Å²) in [5, 5.41) is 0. The van der Waals surface area contributed by atoms with E-state index >= 15 is 0 Å². The van der Waals surface area contributed by atoms with Crippen LogP contribution in [-0.2, 0) is 0 Å². The summed E-state index contributed by atoms with van der Waals surface area (Å²) >= 11 is 0. The predicted molar refractivity (Wildman–Crippen MR) is 79.5 cm³/mol. The number of nitrogens with zero attached hydrogens (tertiary/aromatic N) is 1. The van der Waals surface area contributed by atoms with Crippen molar-refractivity contribution in [2.75, 3.05) is 5.73 Å². The van der Waals surface area contributed by atoms with E-state index in [0.717, 1.165) is 11.1 Å². The van der Waals surface area contributed by atoms with Gasteiger partial charge in [0.1, 0.15) is 5.82 Å². The Hall–Kier alpha value is -2.61. The summed E-state index contributed by atoms with van der Waals surface area (Å²) in [6, 6.07) is 22.6. The maximum Gasteiger partial charge on any atom is 0.123 e. The number of benzene rings is 2. The van der Waals surface area contributed by atoms with Crippen LogP contribution in [0.2, 0.25) is 0 Å². The van der Waals surface area contributed by atoms with Gasteiger partial charge in [-0.3, -0.25) is 0 Å². The summed E-state index contributed by atoms with van der Waals surface area (Å²) in [4.78, 5) is 4.11. The third kappa shape index (κ3) is 2.47. The van der Waals surface area contributed by atoms with E-state index in [1.54, 1.807) is 6.20 Å². The predicted octanol–water partition coefficient (Wildman–Crippen LogP) is 4.00. The molecule has 2 nitrogen and oxygen atoms in total. The average molecular weight is 246 g/mol. The topological polar surface area (TPSA) is 38.9 Å². The summed E-state index contributed by atoms with van der Waals surface area (Å²) in [7, 11) is 0. The number of anilines is 1. The van der Waals surface area contributed by atoms with Crippen LogP contribution in [0.4, 0.5) is 5.82 Å². The zero-order valence-electron chi connectivity index (χ0n) is 10.5.